The molecule has 1 aromatic heterocycles. The summed E-state index contributed by atoms with van der Waals surface area (Å²) in [6.07, 6.45) is -3.72. The van der Waals surface area contributed by atoms with E-state index < -0.39 is 22.7 Å². The monoisotopic (exact) mass is 247 g/mol. The summed E-state index contributed by atoms with van der Waals surface area (Å²) in [6.45, 7) is 0. The highest BCUT2D eigenvalue weighted by molar-refractivity contribution is 5.89. The van der Waals surface area contributed by atoms with Crippen LogP contribution in [0.25, 0.3) is 10.9 Å². The number of benzene rings is 1. The van der Waals surface area contributed by atoms with E-state index in [0.717, 1.165) is 6.07 Å². The van der Waals surface area contributed by atoms with Crippen molar-refractivity contribution in [2.45, 2.75) is 6.36 Å². The minimum Gasteiger partial charge on any atom is -0.398 e. The third-order valence-electron chi connectivity index (χ3n) is 1.96. The summed E-state index contributed by atoms with van der Waals surface area (Å²) in [4.78, 5) is 9.77. The molecule has 0 amide bonds. The standard InChI is InChI=1S/C8H4F3N3O3/c9-8(10,11)17-5-2-1-4-3-12-13-6(4)7(5)14(15)16/h1-3H,(H,12,13). The molecule has 0 saturated carbocycles. The zero-order chi connectivity index (χ0) is 12.6. The van der Waals surface area contributed by atoms with Gasteiger partial charge in [0, 0.05) is 5.39 Å². The van der Waals surface area contributed by atoms with Crippen molar-refractivity contribution >= 4 is 16.6 Å². The minimum absolute atomic E-state index is 0.114. The van der Waals surface area contributed by atoms with Crippen LogP contribution >= 0.6 is 0 Å². The molecule has 0 aliphatic rings. The Balaban J connectivity index is 2.62. The lowest BCUT2D eigenvalue weighted by Gasteiger charge is -2.08. The largest absolute Gasteiger partial charge is 0.573 e. The first-order valence-electron chi connectivity index (χ1n) is 4.25. The van der Waals surface area contributed by atoms with E-state index in [0.29, 0.717) is 5.39 Å². The van der Waals surface area contributed by atoms with Crippen molar-refractivity contribution < 1.29 is 22.8 Å². The molecule has 9 heteroatoms. The Hall–Kier alpha value is -2.32. The number of rotatable bonds is 2. The van der Waals surface area contributed by atoms with Gasteiger partial charge in [0.25, 0.3) is 0 Å². The number of nitrogens with zero attached hydrogens (tertiary/aromatic N) is 2. The van der Waals surface area contributed by atoms with Crippen molar-refractivity contribution in [3.8, 4) is 5.75 Å². The molecule has 2 aromatic rings. The van der Waals surface area contributed by atoms with E-state index in [2.05, 4.69) is 14.9 Å². The van der Waals surface area contributed by atoms with E-state index in [9.17, 15) is 23.3 Å². The van der Waals surface area contributed by atoms with E-state index in [1.54, 1.807) is 0 Å². The van der Waals surface area contributed by atoms with Gasteiger partial charge < -0.3 is 4.74 Å². The van der Waals surface area contributed by atoms with Crippen LogP contribution in [0.1, 0.15) is 0 Å². The second kappa shape index (κ2) is 3.61. The van der Waals surface area contributed by atoms with Gasteiger partial charge in [-0.3, -0.25) is 15.2 Å². The predicted molar refractivity (Wildman–Crippen MR) is 49.4 cm³/mol. The Morgan fingerprint density at radius 3 is 2.71 bits per heavy atom. The first-order valence-corrected chi connectivity index (χ1v) is 4.25. The molecule has 0 spiro atoms. The molecule has 2 rings (SSSR count). The van der Waals surface area contributed by atoms with Gasteiger partial charge in [-0.05, 0) is 12.1 Å². The van der Waals surface area contributed by atoms with Crippen molar-refractivity contribution in [1.29, 1.82) is 0 Å². The fraction of sp³-hybridized carbons (Fsp3) is 0.125. The van der Waals surface area contributed by atoms with Crippen molar-refractivity contribution in [1.82, 2.24) is 10.2 Å². The van der Waals surface area contributed by atoms with E-state index in [-0.39, 0.29) is 5.52 Å². The molecule has 0 radical (unpaired) electrons. The molecular formula is C8H4F3N3O3. The summed E-state index contributed by atoms with van der Waals surface area (Å²) in [5.74, 6) is -0.876. The molecule has 1 heterocycles. The van der Waals surface area contributed by atoms with Crippen LogP contribution in [0.4, 0.5) is 18.9 Å². The fourth-order valence-corrected chi connectivity index (χ4v) is 1.37. The molecule has 0 fully saturated rings. The SMILES string of the molecule is O=[N+]([O-])c1c(OC(F)(F)F)ccc2cn[nH]c12. The van der Waals surface area contributed by atoms with Crippen molar-refractivity contribution in [2.75, 3.05) is 0 Å². The first-order chi connectivity index (χ1) is 7.88. The number of aromatic nitrogens is 2. The van der Waals surface area contributed by atoms with E-state index >= 15 is 0 Å². The average Bonchev–Trinajstić information content (AvgIpc) is 2.61. The quantitative estimate of drug-likeness (QED) is 0.652. The van der Waals surface area contributed by atoms with E-state index in [1.165, 1.54) is 12.3 Å². The molecule has 1 aromatic carbocycles. The molecule has 6 nitrogen and oxygen atoms in total. The number of hydrogen-bond donors (Lipinski definition) is 1. The number of fused-ring (bicyclic) bond motifs is 1. The summed E-state index contributed by atoms with van der Waals surface area (Å²) in [7, 11) is 0. The number of hydrogen-bond acceptors (Lipinski definition) is 4. The zero-order valence-electron chi connectivity index (χ0n) is 7.99. The Morgan fingerprint density at radius 1 is 1.41 bits per heavy atom. The van der Waals surface area contributed by atoms with Crippen LogP contribution < -0.4 is 4.74 Å². The van der Waals surface area contributed by atoms with Gasteiger partial charge in [0.1, 0.15) is 5.52 Å². The normalized spacial score (nSPS) is 11.7. The number of nitro benzene ring substituents is 1. The maximum atomic E-state index is 12.0. The van der Waals surface area contributed by atoms with Crippen LogP contribution in [0.3, 0.4) is 0 Å². The lowest BCUT2D eigenvalue weighted by molar-refractivity contribution is -0.387. The molecule has 0 atom stereocenters. The summed E-state index contributed by atoms with van der Waals surface area (Å²) in [5.41, 5.74) is -0.908. The minimum atomic E-state index is -4.99. The molecule has 0 saturated heterocycles. The van der Waals surface area contributed by atoms with Gasteiger partial charge in [0.05, 0.1) is 11.1 Å². The highest BCUT2D eigenvalue weighted by Crippen LogP contribution is 2.36. The molecule has 0 aliphatic carbocycles. The van der Waals surface area contributed by atoms with Gasteiger partial charge in [-0.25, -0.2) is 0 Å². The summed E-state index contributed by atoms with van der Waals surface area (Å²) in [5, 5.41) is 16.8. The smallest absolute Gasteiger partial charge is 0.398 e. The lowest BCUT2D eigenvalue weighted by atomic mass is 10.2. The van der Waals surface area contributed by atoms with Crippen LogP contribution in [0, 0.1) is 10.1 Å². The van der Waals surface area contributed by atoms with Crippen molar-refractivity contribution in [2.24, 2.45) is 0 Å². The lowest BCUT2D eigenvalue weighted by Crippen LogP contribution is -2.18. The van der Waals surface area contributed by atoms with Gasteiger partial charge in [-0.1, -0.05) is 0 Å². The second-order valence-electron chi connectivity index (χ2n) is 3.05. The van der Waals surface area contributed by atoms with Gasteiger partial charge >= 0.3 is 12.0 Å². The maximum absolute atomic E-state index is 12.0. The van der Waals surface area contributed by atoms with Crippen molar-refractivity contribution in [3.05, 3.63) is 28.4 Å². The third-order valence-corrected chi connectivity index (χ3v) is 1.96. The predicted octanol–water partition coefficient (Wildman–Crippen LogP) is 2.37. The number of ether oxygens (including phenoxy) is 1. The van der Waals surface area contributed by atoms with Gasteiger partial charge in [-0.15, -0.1) is 13.2 Å². The Bertz CT molecular complexity index is 578. The van der Waals surface area contributed by atoms with Crippen molar-refractivity contribution in [3.63, 3.8) is 0 Å². The number of halogens is 3. The van der Waals surface area contributed by atoms with Gasteiger partial charge in [0.15, 0.2) is 0 Å². The number of alkyl halides is 3. The average molecular weight is 247 g/mol. The van der Waals surface area contributed by atoms with E-state index in [4.69, 9.17) is 0 Å². The Morgan fingerprint density at radius 2 is 2.12 bits per heavy atom. The highest BCUT2D eigenvalue weighted by Gasteiger charge is 2.35. The fourth-order valence-electron chi connectivity index (χ4n) is 1.37. The molecule has 90 valence electrons. The summed E-state index contributed by atoms with van der Waals surface area (Å²) in [6, 6.07) is 2.12. The number of nitrogens with one attached hydrogen (secondary N) is 1. The summed E-state index contributed by atoms with van der Waals surface area (Å²) >= 11 is 0. The van der Waals surface area contributed by atoms with Gasteiger partial charge in [0.2, 0.25) is 5.75 Å². The number of H-pyrrole nitrogens is 1. The van der Waals surface area contributed by atoms with Crippen LogP contribution in [0.5, 0.6) is 5.75 Å². The maximum Gasteiger partial charge on any atom is 0.573 e. The Kier molecular flexibility index (Phi) is 2.37. The number of nitro groups is 1. The molecule has 0 aliphatic heterocycles. The van der Waals surface area contributed by atoms with Crippen LogP contribution in [0.15, 0.2) is 18.3 Å². The topological polar surface area (TPSA) is 81.1 Å². The van der Waals surface area contributed by atoms with E-state index in [1.807, 2.05) is 0 Å². The molecular weight excluding hydrogens is 243 g/mol. The Labute approximate surface area is 91.1 Å². The van der Waals surface area contributed by atoms with Gasteiger partial charge in [-0.2, -0.15) is 5.10 Å². The van der Waals surface area contributed by atoms with Crippen LogP contribution in [-0.4, -0.2) is 21.5 Å². The number of aromatic amines is 1. The third kappa shape index (κ3) is 2.12. The molecule has 0 bridgehead atoms. The zero-order valence-corrected chi connectivity index (χ0v) is 7.99. The van der Waals surface area contributed by atoms with Crippen LogP contribution in [0.2, 0.25) is 0 Å². The highest BCUT2D eigenvalue weighted by atomic mass is 19.4. The van der Waals surface area contributed by atoms with Crippen LogP contribution in [-0.2, 0) is 0 Å². The molecule has 0 unspecified atom stereocenters. The summed E-state index contributed by atoms with van der Waals surface area (Å²) < 4.78 is 39.7. The second-order valence-corrected chi connectivity index (χ2v) is 3.05. The molecule has 1 N–H and O–H groups in total. The first kappa shape index (κ1) is 11.2. The molecule has 17 heavy (non-hydrogen) atoms.